The van der Waals surface area contributed by atoms with Crippen LogP contribution < -0.4 is 16.6 Å². The summed E-state index contributed by atoms with van der Waals surface area (Å²) in [5.41, 5.74) is -0.0246. The van der Waals surface area contributed by atoms with Gasteiger partial charge < -0.3 is 9.88 Å². The molecule has 31 heavy (non-hydrogen) atoms. The number of hydrogen-bond acceptors (Lipinski definition) is 3. The van der Waals surface area contributed by atoms with Crippen LogP contribution in [0.2, 0.25) is 0 Å². The lowest BCUT2D eigenvalue weighted by Gasteiger charge is -2.13. The zero-order valence-corrected chi connectivity index (χ0v) is 16.7. The predicted molar refractivity (Wildman–Crippen MR) is 113 cm³/mol. The van der Waals surface area contributed by atoms with Gasteiger partial charge in [0.1, 0.15) is 23.7 Å². The zero-order chi connectivity index (χ0) is 22.3. The Bertz CT molecular complexity index is 1430. The maximum absolute atomic E-state index is 13.9. The number of nitrogens with zero attached hydrogens (tertiary/aromatic N) is 3. The summed E-state index contributed by atoms with van der Waals surface area (Å²) in [6.45, 7) is 1.31. The molecule has 4 aromatic rings. The number of amides is 1. The predicted octanol–water partition coefficient (Wildman–Crippen LogP) is 2.72. The number of halogens is 2. The van der Waals surface area contributed by atoms with E-state index in [9.17, 15) is 23.2 Å². The van der Waals surface area contributed by atoms with Gasteiger partial charge in [-0.3, -0.25) is 14.2 Å². The highest BCUT2D eigenvalue weighted by atomic mass is 19.1. The van der Waals surface area contributed by atoms with E-state index in [-0.39, 0.29) is 22.4 Å². The number of aromatic nitrogens is 3. The first kappa shape index (κ1) is 20.3. The number of hydrogen-bond donors (Lipinski definition) is 1. The smallest absolute Gasteiger partial charge is 0.336 e. The monoisotopic (exact) mass is 424 g/mol. The Balaban J connectivity index is 1.88. The molecule has 0 fully saturated rings. The molecule has 0 unspecified atom stereocenters. The maximum Gasteiger partial charge on any atom is 0.336 e. The normalized spacial score (nSPS) is 11.1. The molecule has 0 spiro atoms. The molecule has 0 radical (unpaired) electrons. The maximum atomic E-state index is 13.9. The summed E-state index contributed by atoms with van der Waals surface area (Å²) < 4.78 is 30.9. The van der Waals surface area contributed by atoms with Crippen LogP contribution in [0.15, 0.2) is 64.2 Å². The van der Waals surface area contributed by atoms with Gasteiger partial charge in [0.25, 0.3) is 5.56 Å². The number of rotatable bonds is 4. The Hall–Kier alpha value is -4.01. The highest BCUT2D eigenvalue weighted by molar-refractivity contribution is 5.91. The first-order valence-electron chi connectivity index (χ1n) is 9.40. The Kier molecular flexibility index (Phi) is 5.02. The van der Waals surface area contributed by atoms with Gasteiger partial charge in [0.15, 0.2) is 0 Å². The minimum absolute atomic E-state index is 0.0205. The van der Waals surface area contributed by atoms with Gasteiger partial charge >= 0.3 is 5.69 Å². The Morgan fingerprint density at radius 3 is 2.39 bits per heavy atom. The van der Waals surface area contributed by atoms with Gasteiger partial charge in [-0.25, -0.2) is 18.1 Å². The minimum Gasteiger partial charge on any atom is -0.342 e. The van der Waals surface area contributed by atoms with Crippen molar-refractivity contribution >= 4 is 22.6 Å². The topological polar surface area (TPSA) is 78.0 Å². The lowest BCUT2D eigenvalue weighted by molar-refractivity contribution is -0.116. The second kappa shape index (κ2) is 7.67. The van der Waals surface area contributed by atoms with Gasteiger partial charge in [-0.1, -0.05) is 12.1 Å². The van der Waals surface area contributed by atoms with Crippen LogP contribution in [-0.4, -0.2) is 19.6 Å². The van der Waals surface area contributed by atoms with Crippen molar-refractivity contribution in [3.05, 3.63) is 92.8 Å². The SMILES string of the molecule is Cc1cc2c(c(=O)n(-c3ccc(F)cc3)c(=O)n2CC(=O)Nc2ccccc2F)n1C. The van der Waals surface area contributed by atoms with E-state index in [1.165, 1.54) is 30.3 Å². The molecule has 0 aliphatic heterocycles. The summed E-state index contributed by atoms with van der Waals surface area (Å²) in [6.07, 6.45) is 0. The van der Waals surface area contributed by atoms with Crippen LogP contribution in [0.4, 0.5) is 14.5 Å². The molecular formula is C22H18F2N4O3. The molecule has 9 heteroatoms. The molecule has 158 valence electrons. The van der Waals surface area contributed by atoms with Crippen molar-refractivity contribution in [2.45, 2.75) is 13.5 Å². The molecule has 0 saturated heterocycles. The summed E-state index contributed by atoms with van der Waals surface area (Å²) in [5.74, 6) is -1.77. The Morgan fingerprint density at radius 1 is 1.03 bits per heavy atom. The molecule has 0 aliphatic carbocycles. The van der Waals surface area contributed by atoms with Crippen LogP contribution in [0.25, 0.3) is 16.7 Å². The summed E-state index contributed by atoms with van der Waals surface area (Å²) in [5, 5.41) is 2.44. The third-order valence-electron chi connectivity index (χ3n) is 5.11. The van der Waals surface area contributed by atoms with E-state index in [1.54, 1.807) is 30.7 Å². The average molecular weight is 424 g/mol. The minimum atomic E-state index is -0.765. The Morgan fingerprint density at radius 2 is 1.71 bits per heavy atom. The number of carbonyl (C=O) groups is 1. The van der Waals surface area contributed by atoms with E-state index in [4.69, 9.17) is 0 Å². The van der Waals surface area contributed by atoms with E-state index in [0.29, 0.717) is 5.69 Å². The van der Waals surface area contributed by atoms with E-state index < -0.39 is 35.3 Å². The number of anilines is 1. The van der Waals surface area contributed by atoms with E-state index >= 15 is 0 Å². The molecule has 1 amide bonds. The standard InChI is InChI=1S/C22H18F2N4O3/c1-13-11-18-20(26(13)2)21(30)28(15-9-7-14(23)8-10-15)22(31)27(18)12-19(29)25-17-6-4-3-5-16(17)24/h3-11H,12H2,1-2H3,(H,25,29). The molecule has 2 aromatic carbocycles. The number of nitrogens with one attached hydrogen (secondary N) is 1. The van der Waals surface area contributed by atoms with Crippen molar-refractivity contribution in [2.24, 2.45) is 7.05 Å². The third-order valence-corrected chi connectivity index (χ3v) is 5.11. The molecule has 0 bridgehead atoms. The quantitative estimate of drug-likeness (QED) is 0.547. The second-order valence-electron chi connectivity index (χ2n) is 7.09. The number of aryl methyl sites for hydroxylation is 2. The van der Waals surface area contributed by atoms with E-state index in [2.05, 4.69) is 5.32 Å². The van der Waals surface area contributed by atoms with Gasteiger partial charge in [0, 0.05) is 12.7 Å². The third kappa shape index (κ3) is 3.54. The summed E-state index contributed by atoms with van der Waals surface area (Å²) >= 11 is 0. The van der Waals surface area contributed by atoms with Crippen molar-refractivity contribution in [1.82, 2.24) is 13.7 Å². The average Bonchev–Trinajstić information content (AvgIpc) is 3.03. The van der Waals surface area contributed by atoms with Crippen LogP contribution in [0.3, 0.4) is 0 Å². The first-order valence-corrected chi connectivity index (χ1v) is 9.40. The fourth-order valence-corrected chi connectivity index (χ4v) is 3.45. The van der Waals surface area contributed by atoms with Crippen LogP contribution in [0.1, 0.15) is 5.69 Å². The number of carbonyl (C=O) groups excluding carboxylic acids is 1. The molecule has 1 N–H and O–H groups in total. The van der Waals surface area contributed by atoms with Crippen molar-refractivity contribution < 1.29 is 13.6 Å². The van der Waals surface area contributed by atoms with Crippen molar-refractivity contribution in [3.8, 4) is 5.69 Å². The number of para-hydroxylation sites is 1. The molecule has 0 aliphatic rings. The molecule has 0 saturated carbocycles. The van der Waals surface area contributed by atoms with Crippen LogP contribution in [0.5, 0.6) is 0 Å². The lowest BCUT2D eigenvalue weighted by Crippen LogP contribution is -2.41. The lowest BCUT2D eigenvalue weighted by atomic mass is 10.3. The van der Waals surface area contributed by atoms with E-state index in [0.717, 1.165) is 21.3 Å². The highest BCUT2D eigenvalue weighted by Gasteiger charge is 2.20. The summed E-state index contributed by atoms with van der Waals surface area (Å²) in [6, 6.07) is 12.2. The number of benzene rings is 2. The van der Waals surface area contributed by atoms with Crippen molar-refractivity contribution in [2.75, 3.05) is 5.32 Å². The summed E-state index contributed by atoms with van der Waals surface area (Å²) in [7, 11) is 1.67. The van der Waals surface area contributed by atoms with Gasteiger partial charge in [0.05, 0.1) is 16.9 Å². The fraction of sp³-hybridized carbons (Fsp3) is 0.136. The van der Waals surface area contributed by atoms with Crippen LogP contribution >= 0.6 is 0 Å². The molecule has 7 nitrogen and oxygen atoms in total. The second-order valence-corrected chi connectivity index (χ2v) is 7.09. The molecule has 2 heterocycles. The molecule has 2 aromatic heterocycles. The fourth-order valence-electron chi connectivity index (χ4n) is 3.45. The van der Waals surface area contributed by atoms with Crippen LogP contribution in [0, 0.1) is 18.6 Å². The van der Waals surface area contributed by atoms with E-state index in [1.807, 2.05) is 0 Å². The summed E-state index contributed by atoms with van der Waals surface area (Å²) in [4.78, 5) is 39.0. The van der Waals surface area contributed by atoms with Crippen molar-refractivity contribution in [3.63, 3.8) is 0 Å². The van der Waals surface area contributed by atoms with Crippen molar-refractivity contribution in [1.29, 1.82) is 0 Å². The van der Waals surface area contributed by atoms with Gasteiger partial charge in [-0.05, 0) is 49.4 Å². The Labute approximate surface area is 174 Å². The largest absolute Gasteiger partial charge is 0.342 e. The molecular weight excluding hydrogens is 406 g/mol. The molecule has 4 rings (SSSR count). The van der Waals surface area contributed by atoms with Crippen LogP contribution in [-0.2, 0) is 18.4 Å². The van der Waals surface area contributed by atoms with Gasteiger partial charge in [-0.15, -0.1) is 0 Å². The number of fused-ring (bicyclic) bond motifs is 1. The molecule has 0 atom stereocenters. The van der Waals surface area contributed by atoms with Gasteiger partial charge in [0.2, 0.25) is 5.91 Å². The first-order chi connectivity index (χ1) is 14.8. The van der Waals surface area contributed by atoms with Gasteiger partial charge in [-0.2, -0.15) is 0 Å². The zero-order valence-electron chi connectivity index (χ0n) is 16.7. The highest BCUT2D eigenvalue weighted by Crippen LogP contribution is 2.16.